The lowest BCUT2D eigenvalue weighted by Crippen LogP contribution is -1.84. The Hall–Kier alpha value is -1.69. The fourth-order valence-corrected chi connectivity index (χ4v) is 0.636. The maximum Gasteiger partial charge on any atom is 0.204 e. The molecule has 0 aliphatic heterocycles. The average Bonchev–Trinajstić information content (AvgIpc) is 2.14. The fraction of sp³-hybridized carbons (Fsp3) is 0.222. The van der Waals surface area contributed by atoms with Crippen LogP contribution < -0.4 is 0 Å². The van der Waals surface area contributed by atoms with E-state index in [1.54, 1.807) is 18.5 Å². The average molecular weight is 160 g/mol. The molecule has 0 saturated carbocycles. The molecule has 12 heavy (non-hydrogen) atoms. The van der Waals surface area contributed by atoms with Crippen LogP contribution in [0.2, 0.25) is 0 Å². The molecule has 3 heteroatoms. The van der Waals surface area contributed by atoms with Gasteiger partial charge in [-0.3, -0.25) is 0 Å². The van der Waals surface area contributed by atoms with E-state index in [0.717, 1.165) is 6.29 Å². The van der Waals surface area contributed by atoms with Gasteiger partial charge in [0.15, 0.2) is 0 Å². The maximum atomic E-state index is 9.92. The Morgan fingerprint density at radius 1 is 1.42 bits per heavy atom. The molecule has 3 nitrogen and oxygen atoms in total. The van der Waals surface area contributed by atoms with Crippen LogP contribution in [0.4, 0.5) is 0 Å². The summed E-state index contributed by atoms with van der Waals surface area (Å²) in [6, 6.07) is 1.73. The van der Waals surface area contributed by atoms with Crippen LogP contribution >= 0.6 is 0 Å². The Morgan fingerprint density at radius 2 is 2.17 bits per heavy atom. The molecule has 0 N–H and O–H groups in total. The second kappa shape index (κ2) is 5.03. The number of aromatic nitrogens is 2. The molecule has 0 amide bonds. The van der Waals surface area contributed by atoms with Crippen molar-refractivity contribution in [3.8, 4) is 11.8 Å². The smallest absolute Gasteiger partial charge is 0.204 e. The van der Waals surface area contributed by atoms with Gasteiger partial charge in [-0.2, -0.15) is 0 Å². The van der Waals surface area contributed by atoms with E-state index >= 15 is 0 Å². The maximum absolute atomic E-state index is 9.92. The van der Waals surface area contributed by atoms with E-state index in [-0.39, 0.29) is 0 Å². The molecule has 1 aromatic heterocycles. The summed E-state index contributed by atoms with van der Waals surface area (Å²) >= 11 is 0. The molecule has 0 atom stereocenters. The van der Waals surface area contributed by atoms with Gasteiger partial charge in [-0.25, -0.2) is 9.97 Å². The van der Waals surface area contributed by atoms with E-state index in [9.17, 15) is 4.79 Å². The number of rotatable bonds is 2. The first kappa shape index (κ1) is 8.41. The van der Waals surface area contributed by atoms with E-state index in [0.29, 0.717) is 18.7 Å². The molecule has 1 heterocycles. The highest BCUT2D eigenvalue weighted by Crippen LogP contribution is 1.85. The van der Waals surface area contributed by atoms with E-state index in [1.807, 2.05) is 0 Å². The molecule has 0 aliphatic rings. The molecular weight excluding hydrogens is 152 g/mol. The van der Waals surface area contributed by atoms with Gasteiger partial charge >= 0.3 is 0 Å². The summed E-state index contributed by atoms with van der Waals surface area (Å²) in [5, 5.41) is 0. The van der Waals surface area contributed by atoms with Gasteiger partial charge in [0.1, 0.15) is 6.29 Å². The summed E-state index contributed by atoms with van der Waals surface area (Å²) in [4.78, 5) is 17.7. The topological polar surface area (TPSA) is 42.9 Å². The highest BCUT2D eigenvalue weighted by atomic mass is 16.1. The van der Waals surface area contributed by atoms with Crippen molar-refractivity contribution in [1.29, 1.82) is 0 Å². The molecule has 0 fully saturated rings. The first-order valence-corrected chi connectivity index (χ1v) is 3.63. The van der Waals surface area contributed by atoms with E-state index in [4.69, 9.17) is 0 Å². The Bertz CT molecular complexity index is 297. The molecule has 0 aliphatic carbocycles. The van der Waals surface area contributed by atoms with Gasteiger partial charge in [-0.1, -0.05) is 5.92 Å². The van der Waals surface area contributed by atoms with Crippen molar-refractivity contribution in [2.45, 2.75) is 12.8 Å². The van der Waals surface area contributed by atoms with Crippen LogP contribution in [0.5, 0.6) is 0 Å². The van der Waals surface area contributed by atoms with Gasteiger partial charge in [0, 0.05) is 25.2 Å². The lowest BCUT2D eigenvalue weighted by atomic mass is 10.3. The van der Waals surface area contributed by atoms with Gasteiger partial charge in [0.25, 0.3) is 0 Å². The summed E-state index contributed by atoms with van der Waals surface area (Å²) in [6.45, 7) is 0. The number of carbonyl (C=O) groups excluding carboxylic acids is 1. The van der Waals surface area contributed by atoms with Crippen molar-refractivity contribution in [2.75, 3.05) is 0 Å². The van der Waals surface area contributed by atoms with E-state index in [2.05, 4.69) is 21.8 Å². The van der Waals surface area contributed by atoms with Gasteiger partial charge in [0.05, 0.1) is 0 Å². The normalized spacial score (nSPS) is 8.33. The largest absolute Gasteiger partial charge is 0.303 e. The minimum Gasteiger partial charge on any atom is -0.303 e. The molecule has 1 rings (SSSR count). The summed E-state index contributed by atoms with van der Waals surface area (Å²) in [5.74, 6) is 6.05. The highest BCUT2D eigenvalue weighted by molar-refractivity contribution is 5.49. The molecule has 0 saturated heterocycles. The first-order valence-electron chi connectivity index (χ1n) is 3.63. The van der Waals surface area contributed by atoms with Crippen LogP contribution in [0.15, 0.2) is 18.5 Å². The third kappa shape index (κ3) is 2.93. The lowest BCUT2D eigenvalue weighted by molar-refractivity contribution is -0.107. The fourth-order valence-electron chi connectivity index (χ4n) is 0.636. The second-order valence-corrected chi connectivity index (χ2v) is 2.08. The zero-order chi connectivity index (χ0) is 8.65. The van der Waals surface area contributed by atoms with Crippen molar-refractivity contribution in [3.05, 3.63) is 24.3 Å². The molecule has 0 radical (unpaired) electrons. The molecule has 0 spiro atoms. The number of unbranched alkanes of at least 4 members (excludes halogenated alkanes) is 1. The standard InChI is InChI=1S/C9H8N2O/c12-8-3-1-2-5-9-10-6-4-7-11-9/h4,6-8H,1,3H2. The monoisotopic (exact) mass is 160 g/mol. The summed E-state index contributed by atoms with van der Waals surface area (Å²) in [6.07, 6.45) is 5.16. The third-order valence-electron chi connectivity index (χ3n) is 1.15. The summed E-state index contributed by atoms with van der Waals surface area (Å²) < 4.78 is 0. The molecule has 0 bridgehead atoms. The Labute approximate surface area is 70.9 Å². The SMILES string of the molecule is O=CCCC#Cc1ncccn1. The number of carbonyl (C=O) groups is 1. The first-order chi connectivity index (χ1) is 5.93. The van der Waals surface area contributed by atoms with E-state index < -0.39 is 0 Å². The summed E-state index contributed by atoms with van der Waals surface area (Å²) in [5.41, 5.74) is 0. The number of nitrogens with zero attached hydrogens (tertiary/aromatic N) is 2. The Kier molecular flexibility index (Phi) is 3.52. The van der Waals surface area contributed by atoms with Crippen LogP contribution in [-0.4, -0.2) is 16.3 Å². The van der Waals surface area contributed by atoms with Crippen LogP contribution in [0.25, 0.3) is 0 Å². The van der Waals surface area contributed by atoms with Gasteiger partial charge in [-0.05, 0) is 12.0 Å². The minimum absolute atomic E-state index is 0.472. The van der Waals surface area contributed by atoms with Gasteiger partial charge in [0.2, 0.25) is 5.82 Å². The second-order valence-electron chi connectivity index (χ2n) is 2.08. The molecule has 0 unspecified atom stereocenters. The van der Waals surface area contributed by atoms with Crippen molar-refractivity contribution in [2.24, 2.45) is 0 Å². The van der Waals surface area contributed by atoms with Crippen LogP contribution in [0.1, 0.15) is 18.7 Å². The quantitative estimate of drug-likeness (QED) is 0.365. The minimum atomic E-state index is 0.472. The Morgan fingerprint density at radius 3 is 2.83 bits per heavy atom. The van der Waals surface area contributed by atoms with E-state index in [1.165, 1.54) is 0 Å². The van der Waals surface area contributed by atoms with Crippen molar-refractivity contribution in [1.82, 2.24) is 9.97 Å². The van der Waals surface area contributed by atoms with Crippen molar-refractivity contribution < 1.29 is 4.79 Å². The highest BCUT2D eigenvalue weighted by Gasteiger charge is 1.83. The van der Waals surface area contributed by atoms with Crippen LogP contribution in [0, 0.1) is 11.8 Å². The number of aldehydes is 1. The number of hydrogen-bond acceptors (Lipinski definition) is 3. The number of hydrogen-bond donors (Lipinski definition) is 0. The van der Waals surface area contributed by atoms with Crippen molar-refractivity contribution >= 4 is 6.29 Å². The molecular formula is C9H8N2O. The van der Waals surface area contributed by atoms with Gasteiger partial charge < -0.3 is 4.79 Å². The van der Waals surface area contributed by atoms with Crippen LogP contribution in [-0.2, 0) is 4.79 Å². The third-order valence-corrected chi connectivity index (χ3v) is 1.15. The molecule has 60 valence electrons. The van der Waals surface area contributed by atoms with Gasteiger partial charge in [-0.15, -0.1) is 0 Å². The summed E-state index contributed by atoms with van der Waals surface area (Å²) in [7, 11) is 0. The zero-order valence-electron chi connectivity index (χ0n) is 6.53. The predicted octanol–water partition coefficient (Wildman–Crippen LogP) is 0.807. The van der Waals surface area contributed by atoms with Crippen LogP contribution in [0.3, 0.4) is 0 Å². The lowest BCUT2D eigenvalue weighted by Gasteiger charge is -1.83. The molecule has 0 aromatic carbocycles. The Balaban J connectivity index is 2.49. The predicted molar refractivity (Wildman–Crippen MR) is 44.2 cm³/mol. The zero-order valence-corrected chi connectivity index (χ0v) is 6.53. The molecule has 1 aromatic rings. The van der Waals surface area contributed by atoms with Crippen molar-refractivity contribution in [3.63, 3.8) is 0 Å².